The third-order valence-electron chi connectivity index (χ3n) is 1.76. The number of hydrogen-bond acceptors (Lipinski definition) is 1. The van der Waals surface area contributed by atoms with Crippen LogP contribution in [0.15, 0.2) is 0 Å². The third kappa shape index (κ3) is 7.86. The summed E-state index contributed by atoms with van der Waals surface area (Å²) >= 11 is 0. The van der Waals surface area contributed by atoms with E-state index in [9.17, 15) is 0 Å². The van der Waals surface area contributed by atoms with E-state index in [4.69, 9.17) is 4.74 Å². The summed E-state index contributed by atoms with van der Waals surface area (Å²) in [4.78, 5) is 0. The first-order chi connectivity index (χ1) is 5.31. The summed E-state index contributed by atoms with van der Waals surface area (Å²) in [6, 6.07) is 0. The zero-order chi connectivity index (χ0) is 8.53. The molecular formula is C10H21O. The Balaban J connectivity index is 3.02. The Labute approximate surface area is 71.1 Å². The van der Waals surface area contributed by atoms with Crippen molar-refractivity contribution in [2.24, 2.45) is 0 Å². The molecule has 0 rings (SSSR count). The molecule has 0 aromatic heterocycles. The fourth-order valence-corrected chi connectivity index (χ4v) is 0.944. The van der Waals surface area contributed by atoms with Gasteiger partial charge >= 0.3 is 0 Å². The average molecular weight is 157 g/mol. The zero-order valence-corrected chi connectivity index (χ0v) is 7.94. The van der Waals surface area contributed by atoms with Gasteiger partial charge in [0.1, 0.15) is 0 Å². The minimum atomic E-state index is 0.434. The minimum absolute atomic E-state index is 0.434. The molecule has 1 atom stereocenters. The highest BCUT2D eigenvalue weighted by Gasteiger charge is 1.99. The molecule has 67 valence electrons. The summed E-state index contributed by atoms with van der Waals surface area (Å²) in [7, 11) is 0. The summed E-state index contributed by atoms with van der Waals surface area (Å²) in [5.41, 5.74) is 0. The van der Waals surface area contributed by atoms with Crippen molar-refractivity contribution in [2.75, 3.05) is 6.61 Å². The van der Waals surface area contributed by atoms with Gasteiger partial charge in [-0.05, 0) is 19.8 Å². The van der Waals surface area contributed by atoms with Crippen LogP contribution in [0.3, 0.4) is 0 Å². The Kier molecular flexibility index (Phi) is 8.03. The molecule has 0 aliphatic rings. The van der Waals surface area contributed by atoms with Crippen molar-refractivity contribution >= 4 is 0 Å². The smallest absolute Gasteiger partial charge is 0.0547 e. The summed E-state index contributed by atoms with van der Waals surface area (Å²) in [5.74, 6) is 0. The molecule has 0 fully saturated rings. The predicted octanol–water partition coefficient (Wildman–Crippen LogP) is 3.20. The van der Waals surface area contributed by atoms with Crippen LogP contribution in [0, 0.1) is 6.92 Å². The van der Waals surface area contributed by atoms with E-state index in [0.29, 0.717) is 6.10 Å². The van der Waals surface area contributed by atoms with E-state index in [0.717, 1.165) is 19.4 Å². The predicted molar refractivity (Wildman–Crippen MR) is 49.5 cm³/mol. The Morgan fingerprint density at radius 1 is 1.36 bits per heavy atom. The summed E-state index contributed by atoms with van der Waals surface area (Å²) in [6.45, 7) is 9.05. The van der Waals surface area contributed by atoms with Gasteiger partial charge in [-0.15, -0.1) is 0 Å². The van der Waals surface area contributed by atoms with E-state index in [1.165, 1.54) is 19.3 Å². The first-order valence-electron chi connectivity index (χ1n) is 4.72. The normalized spacial score (nSPS) is 13.4. The van der Waals surface area contributed by atoms with Crippen molar-refractivity contribution in [1.29, 1.82) is 0 Å². The van der Waals surface area contributed by atoms with Gasteiger partial charge in [-0.3, -0.25) is 0 Å². The van der Waals surface area contributed by atoms with Crippen LogP contribution < -0.4 is 0 Å². The van der Waals surface area contributed by atoms with Gasteiger partial charge in [0.2, 0.25) is 0 Å². The quantitative estimate of drug-likeness (QED) is 0.516. The first kappa shape index (κ1) is 11.0. The van der Waals surface area contributed by atoms with Gasteiger partial charge in [-0.25, -0.2) is 0 Å². The topological polar surface area (TPSA) is 9.23 Å². The molecule has 11 heavy (non-hydrogen) atoms. The number of unbranched alkanes of at least 4 members (excludes halogenated alkanes) is 2. The fraction of sp³-hybridized carbons (Fsp3) is 0.900. The van der Waals surface area contributed by atoms with E-state index >= 15 is 0 Å². The molecule has 0 spiro atoms. The molecule has 0 N–H and O–H groups in total. The largest absolute Gasteiger partial charge is 0.379 e. The Hall–Kier alpha value is -0.0400. The van der Waals surface area contributed by atoms with E-state index in [1.54, 1.807) is 0 Å². The second kappa shape index (κ2) is 8.06. The minimum Gasteiger partial charge on any atom is -0.379 e. The van der Waals surface area contributed by atoms with E-state index in [-0.39, 0.29) is 0 Å². The molecule has 1 nitrogen and oxygen atoms in total. The van der Waals surface area contributed by atoms with Crippen LogP contribution in [0.5, 0.6) is 0 Å². The van der Waals surface area contributed by atoms with Crippen molar-refractivity contribution in [1.82, 2.24) is 0 Å². The Bertz CT molecular complexity index is 71.3. The summed E-state index contributed by atoms with van der Waals surface area (Å²) in [5, 5.41) is 0. The molecule has 1 radical (unpaired) electrons. The molecule has 0 aliphatic heterocycles. The molecule has 0 aromatic rings. The van der Waals surface area contributed by atoms with Crippen molar-refractivity contribution in [2.45, 2.75) is 52.1 Å². The standard InChI is InChI=1S/C10H21O/c1-4-6-8-10(3)11-9-7-5-2/h10H,1,4-9H2,2-3H3. The van der Waals surface area contributed by atoms with Crippen molar-refractivity contribution in [3.8, 4) is 0 Å². The second-order valence-electron chi connectivity index (χ2n) is 3.03. The molecule has 0 bridgehead atoms. The molecule has 1 unspecified atom stereocenters. The fourth-order valence-electron chi connectivity index (χ4n) is 0.944. The van der Waals surface area contributed by atoms with Crippen LogP contribution in [-0.2, 0) is 4.74 Å². The molecule has 0 saturated heterocycles. The van der Waals surface area contributed by atoms with Gasteiger partial charge in [0.15, 0.2) is 0 Å². The summed E-state index contributed by atoms with van der Waals surface area (Å²) in [6.07, 6.45) is 6.22. The van der Waals surface area contributed by atoms with Crippen LogP contribution in [-0.4, -0.2) is 12.7 Å². The lowest BCUT2D eigenvalue weighted by atomic mass is 10.2. The van der Waals surface area contributed by atoms with E-state index in [2.05, 4.69) is 20.8 Å². The first-order valence-corrected chi connectivity index (χ1v) is 4.72. The molecule has 0 aromatic carbocycles. The van der Waals surface area contributed by atoms with Crippen LogP contribution >= 0.6 is 0 Å². The van der Waals surface area contributed by atoms with Gasteiger partial charge in [0.05, 0.1) is 6.10 Å². The van der Waals surface area contributed by atoms with E-state index < -0.39 is 0 Å². The van der Waals surface area contributed by atoms with Crippen LogP contribution in [0.4, 0.5) is 0 Å². The van der Waals surface area contributed by atoms with Gasteiger partial charge in [-0.1, -0.05) is 33.1 Å². The zero-order valence-electron chi connectivity index (χ0n) is 7.94. The SMILES string of the molecule is [CH2]CCCC(C)OCCCC. The molecule has 0 heterocycles. The molecule has 0 aliphatic carbocycles. The number of rotatable bonds is 7. The highest BCUT2D eigenvalue weighted by molar-refractivity contribution is 4.51. The van der Waals surface area contributed by atoms with Crippen molar-refractivity contribution in [3.63, 3.8) is 0 Å². The maximum absolute atomic E-state index is 5.56. The Morgan fingerprint density at radius 2 is 2.09 bits per heavy atom. The molecular weight excluding hydrogens is 136 g/mol. The summed E-state index contributed by atoms with van der Waals surface area (Å²) < 4.78 is 5.56. The van der Waals surface area contributed by atoms with Crippen LogP contribution in [0.1, 0.15) is 46.0 Å². The average Bonchev–Trinajstić information content (AvgIpc) is 2.01. The molecule has 0 amide bonds. The van der Waals surface area contributed by atoms with Crippen LogP contribution in [0.2, 0.25) is 0 Å². The van der Waals surface area contributed by atoms with Crippen molar-refractivity contribution < 1.29 is 4.74 Å². The van der Waals surface area contributed by atoms with Crippen LogP contribution in [0.25, 0.3) is 0 Å². The van der Waals surface area contributed by atoms with E-state index in [1.807, 2.05) is 0 Å². The van der Waals surface area contributed by atoms with Gasteiger partial charge < -0.3 is 4.74 Å². The number of ether oxygens (including phenoxy) is 1. The highest BCUT2D eigenvalue weighted by Crippen LogP contribution is 2.04. The lowest BCUT2D eigenvalue weighted by Gasteiger charge is -2.11. The highest BCUT2D eigenvalue weighted by atomic mass is 16.5. The Morgan fingerprint density at radius 3 is 2.64 bits per heavy atom. The van der Waals surface area contributed by atoms with Gasteiger partial charge in [0, 0.05) is 6.61 Å². The van der Waals surface area contributed by atoms with Crippen molar-refractivity contribution in [3.05, 3.63) is 6.92 Å². The number of hydrogen-bond donors (Lipinski definition) is 0. The maximum Gasteiger partial charge on any atom is 0.0547 e. The lowest BCUT2D eigenvalue weighted by molar-refractivity contribution is 0.0572. The second-order valence-corrected chi connectivity index (χ2v) is 3.03. The lowest BCUT2D eigenvalue weighted by Crippen LogP contribution is -2.08. The third-order valence-corrected chi connectivity index (χ3v) is 1.76. The molecule has 0 saturated carbocycles. The monoisotopic (exact) mass is 157 g/mol. The molecule has 1 heteroatoms. The maximum atomic E-state index is 5.56. The van der Waals surface area contributed by atoms with Gasteiger partial charge in [0.25, 0.3) is 0 Å². The van der Waals surface area contributed by atoms with Gasteiger partial charge in [-0.2, -0.15) is 0 Å².